The molecule has 14 heavy (non-hydrogen) atoms. The minimum Gasteiger partial charge on any atom is -0.478 e. The first-order chi connectivity index (χ1) is 6.50. The summed E-state index contributed by atoms with van der Waals surface area (Å²) >= 11 is 0. The number of carbonyl (C=O) groups is 1. The Morgan fingerprint density at radius 3 is 2.57 bits per heavy atom. The normalized spacial score (nSPS) is 11.5. The van der Waals surface area contributed by atoms with Crippen LogP contribution < -0.4 is 0 Å². The molecule has 0 spiro atoms. The highest BCUT2D eigenvalue weighted by molar-refractivity contribution is 5.91. The van der Waals surface area contributed by atoms with Gasteiger partial charge in [-0.1, -0.05) is 0 Å². The Hall–Kier alpha value is -1.71. The number of halogens is 2. The summed E-state index contributed by atoms with van der Waals surface area (Å²) < 4.78 is 25.5. The molecule has 0 heterocycles. The van der Waals surface area contributed by atoms with Crippen LogP contribution >= 0.6 is 0 Å². The predicted molar refractivity (Wildman–Crippen MR) is 47.6 cm³/mol. The van der Waals surface area contributed by atoms with Crippen molar-refractivity contribution in [3.05, 3.63) is 41.0 Å². The van der Waals surface area contributed by atoms with E-state index in [2.05, 4.69) is 0 Å². The molecule has 4 heteroatoms. The average molecular weight is 198 g/mol. The molecule has 2 nitrogen and oxygen atoms in total. The third-order valence-corrected chi connectivity index (χ3v) is 1.67. The van der Waals surface area contributed by atoms with E-state index in [1.54, 1.807) is 0 Å². The molecule has 0 bridgehead atoms. The topological polar surface area (TPSA) is 37.3 Å². The van der Waals surface area contributed by atoms with E-state index in [0.29, 0.717) is 6.07 Å². The second-order valence-electron chi connectivity index (χ2n) is 2.80. The quantitative estimate of drug-likeness (QED) is 0.741. The number of carboxylic acids is 1. The standard InChI is InChI=1S/C10H8F2O2/c1-6(10(13)14)4-7-2-3-8(11)5-9(7)12/h2-5H,1H3,(H,13,14). The van der Waals surface area contributed by atoms with Crippen LogP contribution in [0.25, 0.3) is 6.08 Å². The van der Waals surface area contributed by atoms with E-state index in [9.17, 15) is 13.6 Å². The van der Waals surface area contributed by atoms with Gasteiger partial charge in [0.2, 0.25) is 0 Å². The van der Waals surface area contributed by atoms with Gasteiger partial charge in [0.25, 0.3) is 0 Å². The molecule has 0 aliphatic carbocycles. The first-order valence-electron chi connectivity index (χ1n) is 3.87. The van der Waals surface area contributed by atoms with E-state index >= 15 is 0 Å². The maximum atomic E-state index is 13.0. The number of rotatable bonds is 2. The fourth-order valence-electron chi connectivity index (χ4n) is 0.914. The Balaban J connectivity index is 3.09. The summed E-state index contributed by atoms with van der Waals surface area (Å²) in [6.07, 6.45) is 1.15. The molecule has 0 aliphatic heterocycles. The highest BCUT2D eigenvalue weighted by Crippen LogP contribution is 2.13. The van der Waals surface area contributed by atoms with E-state index < -0.39 is 17.6 Å². The van der Waals surface area contributed by atoms with Gasteiger partial charge in [0, 0.05) is 17.2 Å². The van der Waals surface area contributed by atoms with Crippen LogP contribution in [0, 0.1) is 11.6 Å². The second-order valence-corrected chi connectivity index (χ2v) is 2.80. The number of hydrogen-bond acceptors (Lipinski definition) is 1. The zero-order valence-electron chi connectivity index (χ0n) is 7.42. The summed E-state index contributed by atoms with van der Waals surface area (Å²) in [6, 6.07) is 2.97. The average Bonchev–Trinajstić information content (AvgIpc) is 2.09. The molecule has 0 saturated carbocycles. The molecule has 0 radical (unpaired) electrons. The minimum absolute atomic E-state index is 0.00416. The molecule has 74 valence electrons. The molecular formula is C10H8F2O2. The highest BCUT2D eigenvalue weighted by Gasteiger charge is 2.04. The van der Waals surface area contributed by atoms with Crippen molar-refractivity contribution in [2.75, 3.05) is 0 Å². The third kappa shape index (κ3) is 2.39. The molecule has 0 atom stereocenters. The van der Waals surface area contributed by atoms with Gasteiger partial charge in [-0.25, -0.2) is 13.6 Å². The van der Waals surface area contributed by atoms with Crippen molar-refractivity contribution in [1.29, 1.82) is 0 Å². The van der Waals surface area contributed by atoms with Crippen LogP contribution in [-0.4, -0.2) is 11.1 Å². The van der Waals surface area contributed by atoms with Crippen LogP contribution in [0.4, 0.5) is 8.78 Å². The summed E-state index contributed by atoms with van der Waals surface area (Å²) in [7, 11) is 0. The van der Waals surface area contributed by atoms with Gasteiger partial charge < -0.3 is 5.11 Å². The van der Waals surface area contributed by atoms with Crippen LogP contribution in [0.2, 0.25) is 0 Å². The number of benzene rings is 1. The Morgan fingerprint density at radius 2 is 2.07 bits per heavy atom. The number of carboxylic acid groups (broad SMARTS) is 1. The van der Waals surface area contributed by atoms with Crippen molar-refractivity contribution in [3.8, 4) is 0 Å². The first kappa shape index (κ1) is 10.4. The van der Waals surface area contributed by atoms with E-state index in [4.69, 9.17) is 5.11 Å². The van der Waals surface area contributed by atoms with Crippen molar-refractivity contribution in [1.82, 2.24) is 0 Å². The molecule has 1 N–H and O–H groups in total. The van der Waals surface area contributed by atoms with Crippen LogP contribution in [0.5, 0.6) is 0 Å². The van der Waals surface area contributed by atoms with E-state index in [1.807, 2.05) is 0 Å². The van der Waals surface area contributed by atoms with Gasteiger partial charge in [-0.3, -0.25) is 0 Å². The zero-order valence-corrected chi connectivity index (χ0v) is 7.42. The van der Waals surface area contributed by atoms with Crippen LogP contribution in [0.1, 0.15) is 12.5 Å². The monoisotopic (exact) mass is 198 g/mol. The largest absolute Gasteiger partial charge is 0.478 e. The molecule has 0 amide bonds. The van der Waals surface area contributed by atoms with Gasteiger partial charge in [0.1, 0.15) is 11.6 Å². The zero-order chi connectivity index (χ0) is 10.7. The van der Waals surface area contributed by atoms with Crippen molar-refractivity contribution in [3.63, 3.8) is 0 Å². The summed E-state index contributed by atoms with van der Waals surface area (Å²) in [5, 5.41) is 8.52. The van der Waals surface area contributed by atoms with Crippen molar-refractivity contribution >= 4 is 12.0 Å². The Morgan fingerprint density at radius 1 is 1.43 bits per heavy atom. The van der Waals surface area contributed by atoms with E-state index in [-0.39, 0.29) is 11.1 Å². The van der Waals surface area contributed by atoms with E-state index in [1.165, 1.54) is 13.0 Å². The molecule has 0 saturated heterocycles. The Labute approximate surface area is 79.5 Å². The summed E-state index contributed by atoms with van der Waals surface area (Å²) in [6.45, 7) is 1.34. The van der Waals surface area contributed by atoms with Gasteiger partial charge in [-0.2, -0.15) is 0 Å². The first-order valence-corrected chi connectivity index (χ1v) is 3.87. The molecule has 1 rings (SSSR count). The SMILES string of the molecule is CC(=Cc1ccc(F)cc1F)C(=O)O. The summed E-state index contributed by atoms with van der Waals surface area (Å²) in [4.78, 5) is 10.4. The lowest BCUT2D eigenvalue weighted by atomic mass is 10.1. The van der Waals surface area contributed by atoms with Crippen LogP contribution in [0.3, 0.4) is 0 Å². The fourth-order valence-corrected chi connectivity index (χ4v) is 0.914. The lowest BCUT2D eigenvalue weighted by Gasteiger charge is -1.98. The summed E-state index contributed by atoms with van der Waals surface area (Å²) in [5.74, 6) is -2.59. The van der Waals surface area contributed by atoms with Gasteiger partial charge in [0.05, 0.1) is 0 Å². The Bertz CT molecular complexity index is 397. The fraction of sp³-hybridized carbons (Fsp3) is 0.100. The second kappa shape index (κ2) is 4.00. The Kier molecular flexibility index (Phi) is 2.96. The molecular weight excluding hydrogens is 190 g/mol. The lowest BCUT2D eigenvalue weighted by molar-refractivity contribution is -0.132. The van der Waals surface area contributed by atoms with Crippen molar-refractivity contribution in [2.24, 2.45) is 0 Å². The molecule has 1 aromatic carbocycles. The third-order valence-electron chi connectivity index (χ3n) is 1.67. The number of hydrogen-bond donors (Lipinski definition) is 1. The van der Waals surface area contributed by atoms with Gasteiger partial charge in [0.15, 0.2) is 0 Å². The van der Waals surface area contributed by atoms with Crippen LogP contribution in [0.15, 0.2) is 23.8 Å². The molecule has 0 aromatic heterocycles. The maximum absolute atomic E-state index is 13.0. The predicted octanol–water partition coefficient (Wildman–Crippen LogP) is 2.45. The van der Waals surface area contributed by atoms with E-state index in [0.717, 1.165) is 12.1 Å². The molecule has 0 aliphatic rings. The minimum atomic E-state index is -1.13. The van der Waals surface area contributed by atoms with Gasteiger partial charge >= 0.3 is 5.97 Å². The number of aliphatic carboxylic acids is 1. The van der Waals surface area contributed by atoms with Crippen molar-refractivity contribution in [2.45, 2.75) is 6.92 Å². The smallest absolute Gasteiger partial charge is 0.331 e. The lowest BCUT2D eigenvalue weighted by Crippen LogP contribution is -1.96. The molecule has 0 unspecified atom stereocenters. The maximum Gasteiger partial charge on any atom is 0.331 e. The highest BCUT2D eigenvalue weighted by atomic mass is 19.1. The van der Waals surface area contributed by atoms with Crippen molar-refractivity contribution < 1.29 is 18.7 Å². The summed E-state index contributed by atoms with van der Waals surface area (Å²) in [5.41, 5.74) is 0.0572. The van der Waals surface area contributed by atoms with Gasteiger partial charge in [-0.15, -0.1) is 0 Å². The molecule has 1 aromatic rings. The van der Waals surface area contributed by atoms with Gasteiger partial charge in [-0.05, 0) is 25.1 Å². The molecule has 0 fully saturated rings. The van der Waals surface area contributed by atoms with Crippen LogP contribution in [-0.2, 0) is 4.79 Å².